The van der Waals surface area contributed by atoms with Crippen LogP contribution < -0.4 is 5.32 Å². The third-order valence-corrected chi connectivity index (χ3v) is 3.33. The fourth-order valence-electron chi connectivity index (χ4n) is 1.81. The highest BCUT2D eigenvalue weighted by Crippen LogP contribution is 2.25. The molecule has 0 unspecified atom stereocenters. The molecule has 20 heavy (non-hydrogen) atoms. The summed E-state index contributed by atoms with van der Waals surface area (Å²) in [5.74, 6) is 0.457. The molecule has 0 radical (unpaired) electrons. The lowest BCUT2D eigenvalue weighted by Crippen LogP contribution is -1.97. The molecule has 0 atom stereocenters. The van der Waals surface area contributed by atoms with Gasteiger partial charge in [0.1, 0.15) is 0 Å². The molecule has 3 rings (SSSR count). The minimum absolute atomic E-state index is 0.457. The van der Waals surface area contributed by atoms with Crippen LogP contribution >= 0.6 is 34.8 Å². The molecule has 0 saturated carbocycles. The molecule has 0 fully saturated rings. The van der Waals surface area contributed by atoms with Gasteiger partial charge in [-0.05, 0) is 36.4 Å². The van der Waals surface area contributed by atoms with Crippen LogP contribution in [0.3, 0.4) is 0 Å². The van der Waals surface area contributed by atoms with Crippen molar-refractivity contribution in [1.29, 1.82) is 0 Å². The van der Waals surface area contributed by atoms with Crippen LogP contribution in [0.4, 0.5) is 11.6 Å². The molecule has 0 bridgehead atoms. The maximum atomic E-state index is 5.96. The van der Waals surface area contributed by atoms with Crippen LogP contribution in [-0.2, 0) is 0 Å². The highest BCUT2D eigenvalue weighted by Gasteiger charge is 2.03. The van der Waals surface area contributed by atoms with E-state index in [-0.39, 0.29) is 0 Å². The Morgan fingerprint density at radius 2 is 1.60 bits per heavy atom. The number of hydrogen-bond donors (Lipinski definition) is 1. The van der Waals surface area contributed by atoms with Crippen molar-refractivity contribution in [3.63, 3.8) is 0 Å². The Labute approximate surface area is 130 Å². The first-order valence-electron chi connectivity index (χ1n) is 5.75. The third-order valence-electron chi connectivity index (χ3n) is 2.66. The number of benzene rings is 2. The summed E-state index contributed by atoms with van der Waals surface area (Å²) in [6.07, 6.45) is 1.73. The van der Waals surface area contributed by atoms with E-state index >= 15 is 0 Å². The molecule has 100 valence electrons. The number of fused-ring (bicyclic) bond motifs is 1. The van der Waals surface area contributed by atoms with E-state index in [4.69, 9.17) is 34.8 Å². The number of halogens is 3. The monoisotopic (exact) mass is 323 g/mol. The van der Waals surface area contributed by atoms with E-state index in [9.17, 15) is 0 Å². The van der Waals surface area contributed by atoms with E-state index in [2.05, 4.69) is 15.3 Å². The lowest BCUT2D eigenvalue weighted by Gasteiger charge is -2.07. The molecule has 0 saturated heterocycles. The normalized spacial score (nSPS) is 10.8. The summed E-state index contributed by atoms with van der Waals surface area (Å²) in [5.41, 5.74) is 1.49. The topological polar surface area (TPSA) is 37.8 Å². The van der Waals surface area contributed by atoms with Crippen molar-refractivity contribution in [1.82, 2.24) is 9.97 Å². The molecular weight excluding hydrogens is 317 g/mol. The van der Waals surface area contributed by atoms with Gasteiger partial charge in [0.05, 0.1) is 5.52 Å². The summed E-state index contributed by atoms with van der Waals surface area (Å²) in [5, 5.41) is 5.71. The van der Waals surface area contributed by atoms with Crippen molar-refractivity contribution < 1.29 is 0 Å². The molecule has 6 heteroatoms. The lowest BCUT2D eigenvalue weighted by molar-refractivity contribution is 1.21. The number of rotatable bonds is 2. The van der Waals surface area contributed by atoms with Gasteiger partial charge in [-0.3, -0.25) is 0 Å². The largest absolute Gasteiger partial charge is 0.324 e. The van der Waals surface area contributed by atoms with E-state index in [1.54, 1.807) is 36.5 Å². The summed E-state index contributed by atoms with van der Waals surface area (Å²) in [7, 11) is 0. The van der Waals surface area contributed by atoms with Crippen molar-refractivity contribution in [3.05, 3.63) is 57.7 Å². The summed E-state index contributed by atoms with van der Waals surface area (Å²) in [6.45, 7) is 0. The summed E-state index contributed by atoms with van der Waals surface area (Å²) in [6, 6.07) is 10.6. The van der Waals surface area contributed by atoms with E-state index in [0.29, 0.717) is 21.0 Å². The number of nitrogens with zero attached hydrogens (tertiary/aromatic N) is 2. The summed E-state index contributed by atoms with van der Waals surface area (Å²) >= 11 is 17.9. The van der Waals surface area contributed by atoms with Gasteiger partial charge < -0.3 is 5.32 Å². The second-order valence-electron chi connectivity index (χ2n) is 4.18. The molecule has 2 aromatic carbocycles. The zero-order chi connectivity index (χ0) is 14.1. The van der Waals surface area contributed by atoms with Crippen LogP contribution in [-0.4, -0.2) is 9.97 Å². The predicted molar refractivity (Wildman–Crippen MR) is 84.3 cm³/mol. The number of aromatic nitrogens is 2. The van der Waals surface area contributed by atoms with Gasteiger partial charge >= 0.3 is 0 Å². The first-order chi connectivity index (χ1) is 9.60. The van der Waals surface area contributed by atoms with Crippen LogP contribution in [0.2, 0.25) is 15.1 Å². The number of nitrogens with one attached hydrogen (secondary N) is 1. The lowest BCUT2D eigenvalue weighted by atomic mass is 10.2. The molecule has 0 spiro atoms. The van der Waals surface area contributed by atoms with E-state index in [1.165, 1.54) is 0 Å². The molecule has 0 aliphatic heterocycles. The Hall–Kier alpha value is -1.55. The Bertz CT molecular complexity index is 769. The molecule has 0 aliphatic rings. The van der Waals surface area contributed by atoms with E-state index in [0.717, 1.165) is 16.6 Å². The molecule has 3 aromatic rings. The van der Waals surface area contributed by atoms with Crippen molar-refractivity contribution in [2.75, 3.05) is 5.32 Å². The maximum Gasteiger partial charge on any atom is 0.227 e. The third kappa shape index (κ3) is 2.96. The number of hydrogen-bond acceptors (Lipinski definition) is 3. The quantitative estimate of drug-likeness (QED) is 0.692. The van der Waals surface area contributed by atoms with E-state index < -0.39 is 0 Å². The van der Waals surface area contributed by atoms with Crippen molar-refractivity contribution >= 4 is 57.3 Å². The average Bonchev–Trinajstić information content (AvgIpc) is 2.37. The minimum atomic E-state index is 0.457. The Morgan fingerprint density at radius 3 is 2.35 bits per heavy atom. The van der Waals surface area contributed by atoms with Gasteiger partial charge in [0.2, 0.25) is 5.95 Å². The molecule has 3 nitrogen and oxygen atoms in total. The standard InChI is InChI=1S/C14H8Cl3N3/c15-9-2-1-8-7-18-14(20-13(8)6-9)19-12-4-10(16)3-11(17)5-12/h1-7H,(H,18,19,20). The highest BCUT2D eigenvalue weighted by molar-refractivity contribution is 6.35. The van der Waals surface area contributed by atoms with Gasteiger partial charge in [0.15, 0.2) is 0 Å². The zero-order valence-corrected chi connectivity index (χ0v) is 12.3. The molecule has 1 N–H and O–H groups in total. The molecule has 0 aliphatic carbocycles. The van der Waals surface area contributed by atoms with Crippen LogP contribution in [0.5, 0.6) is 0 Å². The first kappa shape index (κ1) is 13.4. The van der Waals surface area contributed by atoms with Crippen LogP contribution in [0.25, 0.3) is 10.9 Å². The fraction of sp³-hybridized carbons (Fsp3) is 0. The second kappa shape index (κ2) is 5.44. The van der Waals surface area contributed by atoms with Crippen LogP contribution in [0, 0.1) is 0 Å². The van der Waals surface area contributed by atoms with Crippen LogP contribution in [0.1, 0.15) is 0 Å². The smallest absolute Gasteiger partial charge is 0.227 e. The van der Waals surface area contributed by atoms with Gasteiger partial charge in [0, 0.05) is 32.3 Å². The Balaban J connectivity index is 1.97. The average molecular weight is 325 g/mol. The van der Waals surface area contributed by atoms with Gasteiger partial charge in [-0.1, -0.05) is 34.8 Å². The molecule has 1 aromatic heterocycles. The highest BCUT2D eigenvalue weighted by atomic mass is 35.5. The second-order valence-corrected chi connectivity index (χ2v) is 5.49. The maximum absolute atomic E-state index is 5.96. The Morgan fingerprint density at radius 1 is 0.850 bits per heavy atom. The van der Waals surface area contributed by atoms with Crippen molar-refractivity contribution in [3.8, 4) is 0 Å². The molecule has 1 heterocycles. The van der Waals surface area contributed by atoms with Gasteiger partial charge in [-0.25, -0.2) is 9.97 Å². The predicted octanol–water partition coefficient (Wildman–Crippen LogP) is 5.33. The number of anilines is 2. The fourth-order valence-corrected chi connectivity index (χ4v) is 2.50. The van der Waals surface area contributed by atoms with Crippen molar-refractivity contribution in [2.24, 2.45) is 0 Å². The Kier molecular flexibility index (Phi) is 3.66. The van der Waals surface area contributed by atoms with Gasteiger partial charge in [0.25, 0.3) is 0 Å². The SMILES string of the molecule is Clc1cc(Cl)cc(Nc2ncc3ccc(Cl)cc3n2)c1. The molecule has 0 amide bonds. The van der Waals surface area contributed by atoms with Gasteiger partial charge in [-0.2, -0.15) is 0 Å². The van der Waals surface area contributed by atoms with Crippen molar-refractivity contribution in [2.45, 2.75) is 0 Å². The minimum Gasteiger partial charge on any atom is -0.324 e. The van der Waals surface area contributed by atoms with Gasteiger partial charge in [-0.15, -0.1) is 0 Å². The van der Waals surface area contributed by atoms with Crippen LogP contribution in [0.15, 0.2) is 42.6 Å². The summed E-state index contributed by atoms with van der Waals surface area (Å²) < 4.78 is 0. The molecular formula is C14H8Cl3N3. The van der Waals surface area contributed by atoms with E-state index in [1.807, 2.05) is 6.07 Å². The first-order valence-corrected chi connectivity index (χ1v) is 6.89. The summed E-state index contributed by atoms with van der Waals surface area (Å²) in [4.78, 5) is 8.64. The zero-order valence-electron chi connectivity index (χ0n) is 10.1.